The SMILES string of the molecule is CCOC(=O)c1c(-c2ccccc2)csc1NC(=O)[C@@H](C)[NH+]1C[C@@H](C)O[C@H](C)C1. The van der Waals surface area contributed by atoms with Crippen LogP contribution in [0.1, 0.15) is 38.1 Å². The first-order valence-electron chi connectivity index (χ1n) is 10.1. The number of anilines is 1. The minimum absolute atomic E-state index is 0.103. The van der Waals surface area contributed by atoms with Crippen LogP contribution in [-0.2, 0) is 14.3 Å². The maximum Gasteiger partial charge on any atom is 0.341 e. The Bertz CT molecular complexity index is 842. The van der Waals surface area contributed by atoms with Crippen molar-refractivity contribution in [1.82, 2.24) is 0 Å². The number of hydrogen-bond acceptors (Lipinski definition) is 5. The zero-order valence-electron chi connectivity index (χ0n) is 17.4. The van der Waals surface area contributed by atoms with Crippen molar-refractivity contribution in [2.24, 2.45) is 0 Å². The maximum absolute atomic E-state index is 13.0. The summed E-state index contributed by atoms with van der Waals surface area (Å²) in [6.07, 6.45) is 0.232. The lowest BCUT2D eigenvalue weighted by atomic mass is 10.0. The largest absolute Gasteiger partial charge is 0.462 e. The van der Waals surface area contributed by atoms with E-state index in [0.29, 0.717) is 10.6 Å². The molecular formula is C22H29N2O4S+. The molecule has 156 valence electrons. The smallest absolute Gasteiger partial charge is 0.341 e. The molecule has 0 bridgehead atoms. The van der Waals surface area contributed by atoms with Crippen molar-refractivity contribution in [3.63, 3.8) is 0 Å². The molecule has 3 atom stereocenters. The van der Waals surface area contributed by atoms with E-state index in [1.807, 2.05) is 56.5 Å². The predicted molar refractivity (Wildman–Crippen MR) is 115 cm³/mol. The summed E-state index contributed by atoms with van der Waals surface area (Å²) in [5, 5.41) is 5.42. The van der Waals surface area contributed by atoms with Gasteiger partial charge in [0, 0.05) is 10.9 Å². The van der Waals surface area contributed by atoms with E-state index in [9.17, 15) is 9.59 Å². The van der Waals surface area contributed by atoms with Gasteiger partial charge in [-0.25, -0.2) is 4.79 Å². The van der Waals surface area contributed by atoms with Crippen molar-refractivity contribution in [3.8, 4) is 11.1 Å². The van der Waals surface area contributed by atoms with Gasteiger partial charge in [0.25, 0.3) is 5.91 Å². The van der Waals surface area contributed by atoms with E-state index in [0.717, 1.165) is 24.2 Å². The van der Waals surface area contributed by atoms with Gasteiger partial charge in [0.05, 0.1) is 6.61 Å². The Balaban J connectivity index is 1.83. The monoisotopic (exact) mass is 417 g/mol. The molecule has 1 aromatic carbocycles. The molecule has 0 unspecified atom stereocenters. The number of rotatable bonds is 6. The lowest BCUT2D eigenvalue weighted by Crippen LogP contribution is -3.19. The van der Waals surface area contributed by atoms with E-state index in [1.54, 1.807) is 6.92 Å². The minimum Gasteiger partial charge on any atom is -0.462 e. The van der Waals surface area contributed by atoms with Gasteiger partial charge in [0.2, 0.25) is 0 Å². The zero-order valence-corrected chi connectivity index (χ0v) is 18.2. The number of esters is 1. The molecule has 3 rings (SSSR count). The third-order valence-electron chi connectivity index (χ3n) is 5.16. The van der Waals surface area contributed by atoms with Gasteiger partial charge < -0.3 is 19.7 Å². The van der Waals surface area contributed by atoms with Gasteiger partial charge in [-0.3, -0.25) is 4.79 Å². The van der Waals surface area contributed by atoms with Crippen molar-refractivity contribution in [1.29, 1.82) is 0 Å². The van der Waals surface area contributed by atoms with Crippen LogP contribution in [0.25, 0.3) is 11.1 Å². The Morgan fingerprint density at radius 3 is 2.52 bits per heavy atom. The van der Waals surface area contributed by atoms with Crippen molar-refractivity contribution < 1.29 is 24.0 Å². The second-order valence-electron chi connectivity index (χ2n) is 7.47. The Morgan fingerprint density at radius 1 is 1.24 bits per heavy atom. The summed E-state index contributed by atoms with van der Waals surface area (Å²) in [5.74, 6) is -0.523. The van der Waals surface area contributed by atoms with Crippen LogP contribution in [0.4, 0.5) is 5.00 Å². The highest BCUT2D eigenvalue weighted by Crippen LogP contribution is 2.36. The topological polar surface area (TPSA) is 69.1 Å². The first-order chi connectivity index (χ1) is 13.9. The first kappa shape index (κ1) is 21.5. The summed E-state index contributed by atoms with van der Waals surface area (Å²) in [4.78, 5) is 26.8. The van der Waals surface area contributed by atoms with Crippen LogP contribution in [-0.4, -0.2) is 49.8 Å². The van der Waals surface area contributed by atoms with Gasteiger partial charge in [-0.2, -0.15) is 0 Å². The average Bonchev–Trinajstić information content (AvgIpc) is 3.11. The van der Waals surface area contributed by atoms with Crippen LogP contribution in [0.5, 0.6) is 0 Å². The molecule has 1 aliphatic heterocycles. The Labute approximate surface area is 175 Å². The number of ether oxygens (including phenoxy) is 2. The second-order valence-corrected chi connectivity index (χ2v) is 8.35. The van der Waals surface area contributed by atoms with E-state index < -0.39 is 5.97 Å². The second kappa shape index (κ2) is 9.52. The Kier molecular flexibility index (Phi) is 7.05. The van der Waals surface area contributed by atoms with Gasteiger partial charge >= 0.3 is 5.97 Å². The number of morpholine rings is 1. The van der Waals surface area contributed by atoms with Crippen LogP contribution in [0, 0.1) is 0 Å². The van der Waals surface area contributed by atoms with E-state index in [-0.39, 0.29) is 30.8 Å². The van der Waals surface area contributed by atoms with Crippen molar-refractivity contribution in [3.05, 3.63) is 41.3 Å². The molecule has 6 nitrogen and oxygen atoms in total. The van der Waals surface area contributed by atoms with Crippen LogP contribution >= 0.6 is 11.3 Å². The number of quaternary nitrogens is 1. The zero-order chi connectivity index (χ0) is 21.0. The standard InChI is InChI=1S/C22H28N2O4S/c1-5-27-22(26)19-18(17-9-7-6-8-10-17)13-29-21(19)23-20(25)16(4)24-11-14(2)28-15(3)12-24/h6-10,13-16H,5,11-12H2,1-4H3,(H,23,25)/p+1/t14-,15-,16-/m1/s1. The van der Waals surface area contributed by atoms with Crippen LogP contribution < -0.4 is 10.2 Å². The van der Waals surface area contributed by atoms with Crippen LogP contribution in [0.2, 0.25) is 0 Å². The molecule has 2 N–H and O–H groups in total. The van der Waals surface area contributed by atoms with Gasteiger partial charge in [0.1, 0.15) is 35.9 Å². The number of carbonyl (C=O) groups excluding carboxylic acids is 2. The summed E-state index contributed by atoms with van der Waals surface area (Å²) in [5.41, 5.74) is 2.11. The lowest BCUT2D eigenvalue weighted by Gasteiger charge is -2.35. The molecule has 1 aliphatic rings. The van der Waals surface area contributed by atoms with Gasteiger partial charge in [-0.05, 0) is 33.3 Å². The average molecular weight is 418 g/mol. The molecule has 1 amide bonds. The van der Waals surface area contributed by atoms with Gasteiger partial charge in [-0.1, -0.05) is 30.3 Å². The van der Waals surface area contributed by atoms with Crippen LogP contribution in [0.15, 0.2) is 35.7 Å². The van der Waals surface area contributed by atoms with Gasteiger partial charge in [0.15, 0.2) is 6.04 Å². The molecule has 1 aromatic heterocycles. The molecule has 0 spiro atoms. The number of hydrogen-bond donors (Lipinski definition) is 2. The highest BCUT2D eigenvalue weighted by molar-refractivity contribution is 7.15. The number of carbonyl (C=O) groups is 2. The number of benzene rings is 1. The highest BCUT2D eigenvalue weighted by atomic mass is 32.1. The molecule has 0 aliphatic carbocycles. The molecule has 2 aromatic rings. The van der Waals surface area contributed by atoms with Gasteiger partial charge in [-0.15, -0.1) is 11.3 Å². The number of amides is 1. The fourth-order valence-electron chi connectivity index (χ4n) is 3.76. The lowest BCUT2D eigenvalue weighted by molar-refractivity contribution is -0.928. The summed E-state index contributed by atoms with van der Waals surface area (Å²) in [7, 11) is 0. The molecule has 2 heterocycles. The predicted octanol–water partition coefficient (Wildman–Crippen LogP) is 2.61. The van der Waals surface area contributed by atoms with Crippen molar-refractivity contribution in [2.75, 3.05) is 25.0 Å². The maximum atomic E-state index is 13.0. The molecule has 29 heavy (non-hydrogen) atoms. The number of nitrogens with one attached hydrogen (secondary N) is 2. The molecule has 7 heteroatoms. The highest BCUT2D eigenvalue weighted by Gasteiger charge is 2.34. The summed E-state index contributed by atoms with van der Waals surface area (Å²) in [6.45, 7) is 9.60. The molecule has 1 fully saturated rings. The minimum atomic E-state index is -0.420. The molecule has 0 radical (unpaired) electrons. The van der Waals surface area contributed by atoms with E-state index in [2.05, 4.69) is 5.32 Å². The molecular weight excluding hydrogens is 388 g/mol. The molecule has 1 saturated heterocycles. The third kappa shape index (κ3) is 5.04. The Morgan fingerprint density at radius 2 is 1.90 bits per heavy atom. The van der Waals surface area contributed by atoms with Crippen LogP contribution in [0.3, 0.4) is 0 Å². The number of thiophene rings is 1. The quantitative estimate of drug-likeness (QED) is 0.709. The normalized spacial score (nSPS) is 22.7. The summed E-state index contributed by atoms with van der Waals surface area (Å²) in [6, 6.07) is 9.41. The fourth-order valence-corrected chi connectivity index (χ4v) is 4.72. The summed E-state index contributed by atoms with van der Waals surface area (Å²) >= 11 is 1.35. The van der Waals surface area contributed by atoms with E-state index in [1.165, 1.54) is 16.2 Å². The first-order valence-corrected chi connectivity index (χ1v) is 10.9. The molecule has 0 saturated carbocycles. The van der Waals surface area contributed by atoms with Crippen molar-refractivity contribution >= 4 is 28.2 Å². The Hall–Kier alpha value is -2.22. The fraction of sp³-hybridized carbons (Fsp3) is 0.455. The van der Waals surface area contributed by atoms with Crippen molar-refractivity contribution in [2.45, 2.75) is 45.9 Å². The third-order valence-corrected chi connectivity index (χ3v) is 6.06. The van der Waals surface area contributed by atoms with E-state index in [4.69, 9.17) is 9.47 Å². The van der Waals surface area contributed by atoms with E-state index >= 15 is 0 Å². The summed E-state index contributed by atoms with van der Waals surface area (Å²) < 4.78 is 11.1.